The van der Waals surface area contributed by atoms with Gasteiger partial charge in [-0.25, -0.2) is 4.98 Å². The maximum Gasteiger partial charge on any atom is 0.132 e. The predicted octanol–water partition coefficient (Wildman–Crippen LogP) is 4.27. The minimum Gasteiger partial charge on any atom is -0.355 e. The Balaban J connectivity index is 2.19. The van der Waals surface area contributed by atoms with E-state index in [1.807, 2.05) is 37.5 Å². The lowest BCUT2D eigenvalue weighted by molar-refractivity contribution is 0.890. The van der Waals surface area contributed by atoms with E-state index >= 15 is 0 Å². The minimum absolute atomic E-state index is 0.766. The van der Waals surface area contributed by atoms with Gasteiger partial charge in [0.2, 0.25) is 0 Å². The normalized spacial score (nSPS) is 10.4. The first kappa shape index (κ1) is 13.4. The Hall–Kier alpha value is -1.06. The molecule has 0 atom stereocenters. The number of pyridine rings is 1. The zero-order valence-electron chi connectivity index (χ0n) is 10.1. The standard InChI is InChI=1S/C14H14BrClN2/c1-18(10-11-4-2-6-13(16)8-11)14-12(9-15)5-3-7-17-14/h2-8H,9-10H2,1H3. The summed E-state index contributed by atoms with van der Waals surface area (Å²) < 4.78 is 0. The van der Waals surface area contributed by atoms with Gasteiger partial charge in [0.15, 0.2) is 0 Å². The van der Waals surface area contributed by atoms with Gasteiger partial charge in [0.05, 0.1) is 0 Å². The minimum atomic E-state index is 0.766. The van der Waals surface area contributed by atoms with Crippen LogP contribution in [-0.4, -0.2) is 12.0 Å². The average molecular weight is 326 g/mol. The molecular formula is C14H14BrClN2. The molecule has 0 bridgehead atoms. The van der Waals surface area contributed by atoms with Gasteiger partial charge in [-0.05, 0) is 23.8 Å². The Morgan fingerprint density at radius 2 is 2.11 bits per heavy atom. The summed E-state index contributed by atoms with van der Waals surface area (Å²) in [5, 5.41) is 1.57. The fourth-order valence-electron chi connectivity index (χ4n) is 1.86. The van der Waals surface area contributed by atoms with E-state index < -0.39 is 0 Å². The molecule has 18 heavy (non-hydrogen) atoms. The molecule has 0 aliphatic carbocycles. The first-order valence-corrected chi connectivity index (χ1v) is 7.16. The lowest BCUT2D eigenvalue weighted by atomic mass is 10.2. The monoisotopic (exact) mass is 324 g/mol. The number of alkyl halides is 1. The lowest BCUT2D eigenvalue weighted by Crippen LogP contribution is -2.19. The molecule has 2 rings (SSSR count). The number of nitrogens with zero attached hydrogens (tertiary/aromatic N) is 2. The lowest BCUT2D eigenvalue weighted by Gasteiger charge is -2.20. The summed E-state index contributed by atoms with van der Waals surface area (Å²) in [5.41, 5.74) is 2.36. The van der Waals surface area contributed by atoms with Gasteiger partial charge in [0, 0.05) is 35.7 Å². The number of halogens is 2. The SMILES string of the molecule is CN(Cc1cccc(Cl)c1)c1ncccc1CBr. The highest BCUT2D eigenvalue weighted by Crippen LogP contribution is 2.21. The van der Waals surface area contributed by atoms with Crippen molar-refractivity contribution < 1.29 is 0 Å². The van der Waals surface area contributed by atoms with Gasteiger partial charge in [-0.3, -0.25) is 0 Å². The maximum atomic E-state index is 5.99. The van der Waals surface area contributed by atoms with Crippen LogP contribution in [0.4, 0.5) is 5.82 Å². The Morgan fingerprint density at radius 3 is 2.83 bits per heavy atom. The van der Waals surface area contributed by atoms with Gasteiger partial charge in [0.25, 0.3) is 0 Å². The van der Waals surface area contributed by atoms with Crippen LogP contribution in [0.25, 0.3) is 0 Å². The third-order valence-electron chi connectivity index (χ3n) is 2.68. The van der Waals surface area contributed by atoms with E-state index in [1.165, 1.54) is 11.1 Å². The molecule has 1 aromatic heterocycles. The van der Waals surface area contributed by atoms with E-state index in [9.17, 15) is 0 Å². The number of hydrogen-bond acceptors (Lipinski definition) is 2. The molecule has 0 amide bonds. The second-order valence-corrected chi connectivity index (χ2v) is 5.10. The van der Waals surface area contributed by atoms with Gasteiger partial charge >= 0.3 is 0 Å². The topological polar surface area (TPSA) is 16.1 Å². The number of aromatic nitrogens is 1. The van der Waals surface area contributed by atoms with Gasteiger partial charge < -0.3 is 4.90 Å². The average Bonchev–Trinajstić information content (AvgIpc) is 2.38. The zero-order chi connectivity index (χ0) is 13.0. The van der Waals surface area contributed by atoms with Crippen LogP contribution in [0.1, 0.15) is 11.1 Å². The molecule has 0 spiro atoms. The van der Waals surface area contributed by atoms with Crippen LogP contribution in [0.15, 0.2) is 42.6 Å². The largest absolute Gasteiger partial charge is 0.355 e. The van der Waals surface area contributed by atoms with E-state index in [1.54, 1.807) is 0 Å². The van der Waals surface area contributed by atoms with Gasteiger partial charge in [-0.15, -0.1) is 0 Å². The van der Waals surface area contributed by atoms with Crippen molar-refractivity contribution in [1.29, 1.82) is 0 Å². The van der Waals surface area contributed by atoms with Crippen LogP contribution < -0.4 is 4.90 Å². The van der Waals surface area contributed by atoms with Crippen LogP contribution in [-0.2, 0) is 11.9 Å². The van der Waals surface area contributed by atoms with E-state index in [0.717, 1.165) is 22.7 Å². The number of rotatable bonds is 4. The van der Waals surface area contributed by atoms with Crippen LogP contribution >= 0.6 is 27.5 Å². The first-order valence-electron chi connectivity index (χ1n) is 5.66. The summed E-state index contributed by atoms with van der Waals surface area (Å²) in [6.07, 6.45) is 1.82. The van der Waals surface area contributed by atoms with Crippen LogP contribution in [0, 0.1) is 0 Å². The number of hydrogen-bond donors (Lipinski definition) is 0. The first-order chi connectivity index (χ1) is 8.70. The molecule has 1 heterocycles. The molecule has 0 aliphatic rings. The smallest absolute Gasteiger partial charge is 0.132 e. The van der Waals surface area contributed by atoms with Crippen LogP contribution in [0.3, 0.4) is 0 Å². The fraction of sp³-hybridized carbons (Fsp3) is 0.214. The second kappa shape index (κ2) is 6.21. The molecule has 2 nitrogen and oxygen atoms in total. The van der Waals surface area contributed by atoms with Gasteiger partial charge in [-0.2, -0.15) is 0 Å². The van der Waals surface area contributed by atoms with Gasteiger partial charge in [0.1, 0.15) is 5.82 Å². The van der Waals surface area contributed by atoms with E-state index in [0.29, 0.717) is 0 Å². The van der Waals surface area contributed by atoms with Crippen LogP contribution in [0.2, 0.25) is 5.02 Å². The van der Waals surface area contributed by atoms with Crippen molar-refractivity contribution in [2.45, 2.75) is 11.9 Å². The molecule has 1 aromatic carbocycles. The Labute approximate surface area is 121 Å². The highest BCUT2D eigenvalue weighted by atomic mass is 79.9. The number of benzene rings is 1. The van der Waals surface area contributed by atoms with Crippen molar-refractivity contribution in [3.8, 4) is 0 Å². The van der Waals surface area contributed by atoms with Crippen molar-refractivity contribution in [3.05, 3.63) is 58.7 Å². The molecule has 0 aliphatic heterocycles. The summed E-state index contributed by atoms with van der Waals surface area (Å²) in [6, 6.07) is 11.9. The van der Waals surface area contributed by atoms with Crippen molar-refractivity contribution in [2.75, 3.05) is 11.9 Å². The Morgan fingerprint density at radius 1 is 1.28 bits per heavy atom. The van der Waals surface area contributed by atoms with E-state index in [4.69, 9.17) is 11.6 Å². The summed E-state index contributed by atoms with van der Waals surface area (Å²) in [7, 11) is 2.04. The Kier molecular flexibility index (Phi) is 4.61. The molecule has 0 saturated heterocycles. The zero-order valence-corrected chi connectivity index (χ0v) is 12.4. The van der Waals surface area contributed by atoms with Gasteiger partial charge in [-0.1, -0.05) is 45.7 Å². The molecule has 0 saturated carbocycles. The summed E-state index contributed by atoms with van der Waals surface area (Å²) in [6.45, 7) is 0.789. The molecule has 0 fully saturated rings. The summed E-state index contributed by atoms with van der Waals surface area (Å²) in [5.74, 6) is 0.995. The molecule has 2 aromatic rings. The van der Waals surface area contributed by atoms with Crippen molar-refractivity contribution in [2.24, 2.45) is 0 Å². The molecule has 0 N–H and O–H groups in total. The molecule has 0 unspecified atom stereocenters. The van der Waals surface area contributed by atoms with E-state index in [-0.39, 0.29) is 0 Å². The predicted molar refractivity (Wildman–Crippen MR) is 80.4 cm³/mol. The third-order valence-corrected chi connectivity index (χ3v) is 3.52. The second-order valence-electron chi connectivity index (χ2n) is 4.11. The quantitative estimate of drug-likeness (QED) is 0.781. The fourth-order valence-corrected chi connectivity index (χ4v) is 2.51. The summed E-state index contributed by atoms with van der Waals surface area (Å²) >= 11 is 9.48. The molecule has 94 valence electrons. The van der Waals surface area contributed by atoms with Crippen molar-refractivity contribution in [1.82, 2.24) is 4.98 Å². The molecule has 0 radical (unpaired) electrons. The van der Waals surface area contributed by atoms with Crippen molar-refractivity contribution in [3.63, 3.8) is 0 Å². The highest BCUT2D eigenvalue weighted by Gasteiger charge is 2.08. The third kappa shape index (κ3) is 3.24. The van der Waals surface area contributed by atoms with E-state index in [2.05, 4.69) is 37.9 Å². The highest BCUT2D eigenvalue weighted by molar-refractivity contribution is 9.08. The maximum absolute atomic E-state index is 5.99. The molecular weight excluding hydrogens is 312 g/mol. The number of anilines is 1. The Bertz CT molecular complexity index is 531. The summed E-state index contributed by atoms with van der Waals surface area (Å²) in [4.78, 5) is 6.56. The van der Waals surface area contributed by atoms with Crippen molar-refractivity contribution >= 4 is 33.3 Å². The molecule has 4 heteroatoms. The van der Waals surface area contributed by atoms with Crippen LogP contribution in [0.5, 0.6) is 0 Å².